The van der Waals surface area contributed by atoms with Gasteiger partial charge in [-0.05, 0) is 42.3 Å². The maximum absolute atomic E-state index is 12.3. The topological polar surface area (TPSA) is 86.8 Å². The van der Waals surface area contributed by atoms with Crippen molar-refractivity contribution < 1.29 is 18.0 Å². The van der Waals surface area contributed by atoms with Gasteiger partial charge in [-0.1, -0.05) is 24.3 Å². The van der Waals surface area contributed by atoms with Crippen LogP contribution in [0.2, 0.25) is 0 Å². The lowest BCUT2D eigenvalue weighted by Gasteiger charge is -2.22. The van der Waals surface area contributed by atoms with E-state index in [9.17, 15) is 18.0 Å². The number of hydrogen-bond donors (Lipinski definition) is 1. The number of amides is 2. The molecule has 0 radical (unpaired) electrons. The van der Waals surface area contributed by atoms with Crippen LogP contribution in [-0.4, -0.2) is 64.3 Å². The molecule has 2 rings (SSSR count). The lowest BCUT2D eigenvalue weighted by molar-refractivity contribution is -0.119. The molecule has 2 aromatic carbocycles. The summed E-state index contributed by atoms with van der Waals surface area (Å²) in [7, 11) is -0.383. The van der Waals surface area contributed by atoms with E-state index in [2.05, 4.69) is 24.4 Å². The van der Waals surface area contributed by atoms with E-state index in [1.807, 2.05) is 12.1 Å². The van der Waals surface area contributed by atoms with Crippen LogP contribution < -0.4 is 9.62 Å². The van der Waals surface area contributed by atoms with E-state index < -0.39 is 10.0 Å². The molecule has 0 fully saturated rings. The summed E-state index contributed by atoms with van der Waals surface area (Å²) in [5.41, 5.74) is 3.28. The number of sulfonamides is 1. The summed E-state index contributed by atoms with van der Waals surface area (Å²) in [6.45, 7) is 2.20. The van der Waals surface area contributed by atoms with Gasteiger partial charge in [-0.15, -0.1) is 0 Å². The first-order chi connectivity index (χ1) is 14.6. The highest BCUT2D eigenvalue weighted by molar-refractivity contribution is 7.98. The predicted molar refractivity (Wildman–Crippen MR) is 127 cm³/mol. The van der Waals surface area contributed by atoms with Crippen LogP contribution in [0.3, 0.4) is 0 Å². The third-order valence-electron chi connectivity index (χ3n) is 4.58. The Hall–Kier alpha value is -2.52. The van der Waals surface area contributed by atoms with Crippen LogP contribution in [0, 0.1) is 6.92 Å². The van der Waals surface area contributed by atoms with Crippen molar-refractivity contribution in [3.05, 3.63) is 65.2 Å². The summed E-state index contributed by atoms with van der Waals surface area (Å²) >= 11 is 1.71. The Kier molecular flexibility index (Phi) is 8.94. The smallest absolute Gasteiger partial charge is 0.253 e. The number of aryl methyl sites for hydroxylation is 1. The molecule has 0 unspecified atom stereocenters. The number of benzene rings is 2. The van der Waals surface area contributed by atoms with Crippen molar-refractivity contribution in [2.45, 2.75) is 12.7 Å². The minimum Gasteiger partial charge on any atom is -0.354 e. The van der Waals surface area contributed by atoms with Crippen molar-refractivity contribution in [2.24, 2.45) is 0 Å². The molecule has 0 aliphatic heterocycles. The van der Waals surface area contributed by atoms with Crippen molar-refractivity contribution in [1.29, 1.82) is 0 Å². The highest BCUT2D eigenvalue weighted by atomic mass is 32.2. The van der Waals surface area contributed by atoms with Crippen molar-refractivity contribution >= 4 is 39.3 Å². The van der Waals surface area contributed by atoms with Gasteiger partial charge in [0.2, 0.25) is 15.9 Å². The van der Waals surface area contributed by atoms with Crippen LogP contribution in [0.4, 0.5) is 5.69 Å². The molecular formula is C22H29N3O4S2. The molecule has 0 atom stereocenters. The average molecular weight is 464 g/mol. The average Bonchev–Trinajstić information content (AvgIpc) is 2.71. The summed E-state index contributed by atoms with van der Waals surface area (Å²) in [6, 6.07) is 14.3. The third-order valence-corrected chi connectivity index (χ3v) is 6.73. The maximum Gasteiger partial charge on any atom is 0.253 e. The zero-order valence-electron chi connectivity index (χ0n) is 18.3. The Morgan fingerprint density at radius 2 is 1.68 bits per heavy atom. The molecule has 0 bridgehead atoms. The van der Waals surface area contributed by atoms with Crippen LogP contribution in [0.1, 0.15) is 21.5 Å². The number of carbonyl (C=O) groups excluding carboxylic acids is 2. The molecule has 0 heterocycles. The zero-order chi connectivity index (χ0) is 23.0. The Balaban J connectivity index is 1.90. The van der Waals surface area contributed by atoms with Gasteiger partial charge >= 0.3 is 0 Å². The van der Waals surface area contributed by atoms with Gasteiger partial charge in [0.25, 0.3) is 5.91 Å². The molecule has 2 amide bonds. The second kappa shape index (κ2) is 11.2. The van der Waals surface area contributed by atoms with Crippen LogP contribution >= 0.6 is 11.8 Å². The Labute approximate surface area is 188 Å². The Morgan fingerprint density at radius 3 is 2.26 bits per heavy atom. The summed E-state index contributed by atoms with van der Waals surface area (Å²) in [4.78, 5) is 25.8. The fraction of sp³-hybridized carbons (Fsp3) is 0.364. The van der Waals surface area contributed by atoms with Crippen molar-refractivity contribution in [1.82, 2.24) is 10.2 Å². The summed E-state index contributed by atoms with van der Waals surface area (Å²) < 4.78 is 25.5. The summed E-state index contributed by atoms with van der Waals surface area (Å²) in [6.07, 6.45) is 1.05. The monoisotopic (exact) mass is 463 g/mol. The van der Waals surface area contributed by atoms with Gasteiger partial charge in [-0.3, -0.25) is 13.9 Å². The van der Waals surface area contributed by atoms with Crippen LogP contribution in [0.15, 0.2) is 48.5 Å². The van der Waals surface area contributed by atoms with E-state index in [0.717, 1.165) is 22.1 Å². The van der Waals surface area contributed by atoms with Gasteiger partial charge in [0, 0.05) is 37.7 Å². The highest BCUT2D eigenvalue weighted by Gasteiger charge is 2.21. The molecule has 168 valence electrons. The molecule has 0 saturated heterocycles. The normalized spacial score (nSPS) is 11.1. The van der Waals surface area contributed by atoms with Gasteiger partial charge in [0.15, 0.2) is 0 Å². The standard InChI is InChI=1S/C22H29N3O4S2/c1-17-7-5-6-8-19(17)16-30-14-13-23-21(26)15-25(31(4,28)29)20-11-9-18(10-12-20)22(27)24(2)3/h5-12H,13-16H2,1-4H3,(H,23,26). The van der Waals surface area contributed by atoms with Gasteiger partial charge in [-0.2, -0.15) is 11.8 Å². The maximum atomic E-state index is 12.3. The van der Waals surface area contributed by atoms with Gasteiger partial charge in [-0.25, -0.2) is 8.42 Å². The van der Waals surface area contributed by atoms with E-state index in [1.165, 1.54) is 28.2 Å². The number of anilines is 1. The molecule has 0 saturated carbocycles. The predicted octanol–water partition coefficient (Wildman–Crippen LogP) is 2.51. The van der Waals surface area contributed by atoms with Crippen LogP contribution in [-0.2, 0) is 20.6 Å². The highest BCUT2D eigenvalue weighted by Crippen LogP contribution is 2.19. The fourth-order valence-electron chi connectivity index (χ4n) is 2.83. The molecule has 1 N–H and O–H groups in total. The largest absolute Gasteiger partial charge is 0.354 e. The van der Waals surface area contributed by atoms with Crippen molar-refractivity contribution in [3.8, 4) is 0 Å². The molecule has 31 heavy (non-hydrogen) atoms. The number of nitrogens with one attached hydrogen (secondary N) is 1. The van der Waals surface area contributed by atoms with Crippen LogP contribution in [0.5, 0.6) is 0 Å². The Bertz CT molecular complexity index is 1010. The van der Waals surface area contributed by atoms with Crippen molar-refractivity contribution in [3.63, 3.8) is 0 Å². The first-order valence-electron chi connectivity index (χ1n) is 9.78. The van der Waals surface area contributed by atoms with E-state index in [4.69, 9.17) is 0 Å². The van der Waals surface area contributed by atoms with Gasteiger partial charge < -0.3 is 10.2 Å². The lowest BCUT2D eigenvalue weighted by Crippen LogP contribution is -2.41. The van der Waals surface area contributed by atoms with Crippen molar-refractivity contribution in [2.75, 3.05) is 43.5 Å². The number of nitrogens with zero attached hydrogens (tertiary/aromatic N) is 2. The zero-order valence-corrected chi connectivity index (χ0v) is 19.9. The summed E-state index contributed by atoms with van der Waals surface area (Å²) in [5, 5.41) is 2.77. The van der Waals surface area contributed by atoms with E-state index >= 15 is 0 Å². The van der Waals surface area contributed by atoms with Crippen LogP contribution in [0.25, 0.3) is 0 Å². The first kappa shape index (κ1) is 24.7. The molecule has 2 aromatic rings. The number of hydrogen-bond acceptors (Lipinski definition) is 5. The lowest BCUT2D eigenvalue weighted by atomic mass is 10.1. The minimum atomic E-state index is -3.67. The molecule has 7 nitrogen and oxygen atoms in total. The van der Waals surface area contributed by atoms with E-state index in [-0.39, 0.29) is 18.4 Å². The number of rotatable bonds is 10. The quantitative estimate of drug-likeness (QED) is 0.547. The van der Waals surface area contributed by atoms with E-state index in [1.54, 1.807) is 38.0 Å². The molecule has 0 aliphatic rings. The van der Waals surface area contributed by atoms with E-state index in [0.29, 0.717) is 17.8 Å². The van der Waals surface area contributed by atoms with Gasteiger partial charge in [0.1, 0.15) is 6.54 Å². The van der Waals surface area contributed by atoms with Gasteiger partial charge in [0.05, 0.1) is 11.9 Å². The molecule has 0 aliphatic carbocycles. The second-order valence-corrected chi connectivity index (χ2v) is 10.4. The molecule has 0 aromatic heterocycles. The number of carbonyl (C=O) groups is 2. The number of thioether (sulfide) groups is 1. The summed E-state index contributed by atoms with van der Waals surface area (Å²) in [5.74, 6) is 1.02. The Morgan fingerprint density at radius 1 is 1.03 bits per heavy atom. The third kappa shape index (κ3) is 7.59. The first-order valence-corrected chi connectivity index (χ1v) is 12.8. The molecule has 0 spiro atoms. The molecular weight excluding hydrogens is 434 g/mol. The fourth-order valence-corrected chi connectivity index (χ4v) is 4.62. The second-order valence-electron chi connectivity index (χ2n) is 7.35. The molecule has 9 heteroatoms. The minimum absolute atomic E-state index is 0.182. The SMILES string of the molecule is Cc1ccccc1CSCCNC(=O)CN(c1ccc(C(=O)N(C)C)cc1)S(C)(=O)=O.